The zero-order valence-electron chi connectivity index (χ0n) is 10.6. The zero-order chi connectivity index (χ0) is 15.1. The molecule has 0 spiro atoms. The number of hydrogen-bond acceptors (Lipinski definition) is 7. The van der Waals surface area contributed by atoms with Crippen LogP contribution in [-0.2, 0) is 9.53 Å². The van der Waals surface area contributed by atoms with E-state index in [1.165, 1.54) is 19.4 Å². The lowest BCUT2D eigenvalue weighted by atomic mass is 10.2. The van der Waals surface area contributed by atoms with Crippen LogP contribution in [0, 0.1) is 21.4 Å². The summed E-state index contributed by atoms with van der Waals surface area (Å²) in [5.74, 6) is -1.45. The highest BCUT2D eigenvalue weighted by Crippen LogP contribution is 2.26. The van der Waals surface area contributed by atoms with E-state index >= 15 is 0 Å². The molecule has 9 nitrogen and oxygen atoms in total. The predicted octanol–water partition coefficient (Wildman–Crippen LogP) is 0.763. The van der Waals surface area contributed by atoms with Crippen molar-refractivity contribution in [1.29, 1.82) is 5.26 Å². The molecule has 1 heterocycles. The highest BCUT2D eigenvalue weighted by Gasteiger charge is 2.25. The van der Waals surface area contributed by atoms with E-state index in [0.717, 1.165) is 0 Å². The van der Waals surface area contributed by atoms with Gasteiger partial charge in [0.1, 0.15) is 17.7 Å². The number of anilines is 1. The number of carboxylic acids is 1. The van der Waals surface area contributed by atoms with Gasteiger partial charge in [0, 0.05) is 26.3 Å². The number of hydrogen-bond donors (Lipinski definition) is 2. The molecule has 106 valence electrons. The quantitative estimate of drug-likeness (QED) is 0.551. The average molecular weight is 280 g/mol. The van der Waals surface area contributed by atoms with E-state index in [1.807, 2.05) is 0 Å². The van der Waals surface area contributed by atoms with Crippen LogP contribution < -0.4 is 5.32 Å². The van der Waals surface area contributed by atoms with Gasteiger partial charge in [0.2, 0.25) is 5.82 Å². The van der Waals surface area contributed by atoms with Gasteiger partial charge >= 0.3 is 11.7 Å². The molecule has 9 heteroatoms. The summed E-state index contributed by atoms with van der Waals surface area (Å²) in [4.78, 5) is 25.0. The molecular weight excluding hydrogens is 268 g/mol. The molecule has 0 aliphatic carbocycles. The molecule has 0 aliphatic rings. The normalized spacial score (nSPS) is 11.4. The molecule has 1 aromatic rings. The Morgan fingerprint density at radius 1 is 1.75 bits per heavy atom. The van der Waals surface area contributed by atoms with Gasteiger partial charge in [-0.25, -0.2) is 9.78 Å². The van der Waals surface area contributed by atoms with Crippen molar-refractivity contribution < 1.29 is 19.6 Å². The first-order chi connectivity index (χ1) is 9.51. The number of carbonyl (C=O) groups is 1. The lowest BCUT2D eigenvalue weighted by Crippen LogP contribution is -2.31. The van der Waals surface area contributed by atoms with Crippen LogP contribution in [0.5, 0.6) is 0 Å². The maximum atomic E-state index is 11.1. The Morgan fingerprint density at radius 2 is 2.45 bits per heavy atom. The molecule has 0 fully saturated rings. The Kier molecular flexibility index (Phi) is 5.37. The molecule has 0 aromatic carbocycles. The number of ether oxygens (including phenoxy) is 1. The molecule has 0 aliphatic heterocycles. The first-order valence-electron chi connectivity index (χ1n) is 5.53. The molecule has 2 N–H and O–H groups in total. The maximum Gasteiger partial charge on any atom is 0.328 e. The van der Waals surface area contributed by atoms with Gasteiger partial charge in [-0.3, -0.25) is 10.1 Å². The Balaban J connectivity index is 3.10. The highest BCUT2D eigenvalue weighted by atomic mass is 16.6. The van der Waals surface area contributed by atoms with Gasteiger partial charge in [0.25, 0.3) is 0 Å². The van der Waals surface area contributed by atoms with Crippen LogP contribution in [0.1, 0.15) is 12.0 Å². The minimum Gasteiger partial charge on any atom is -0.480 e. The molecule has 1 atom stereocenters. The van der Waals surface area contributed by atoms with Crippen molar-refractivity contribution in [1.82, 2.24) is 4.98 Å². The van der Waals surface area contributed by atoms with Gasteiger partial charge in [0.05, 0.1) is 4.92 Å². The number of rotatable bonds is 7. The third kappa shape index (κ3) is 3.63. The number of nitrogens with zero attached hydrogens (tertiary/aromatic N) is 3. The van der Waals surface area contributed by atoms with Crippen LogP contribution in [0.2, 0.25) is 0 Å². The summed E-state index contributed by atoms with van der Waals surface area (Å²) in [6.07, 6.45) is 1.30. The van der Waals surface area contributed by atoms with Crippen molar-refractivity contribution in [2.24, 2.45) is 0 Å². The number of pyridine rings is 1. The van der Waals surface area contributed by atoms with E-state index in [9.17, 15) is 14.9 Å². The van der Waals surface area contributed by atoms with Crippen LogP contribution >= 0.6 is 0 Å². The summed E-state index contributed by atoms with van der Waals surface area (Å²) >= 11 is 0. The van der Waals surface area contributed by atoms with E-state index in [-0.39, 0.29) is 24.4 Å². The summed E-state index contributed by atoms with van der Waals surface area (Å²) < 4.78 is 4.77. The summed E-state index contributed by atoms with van der Waals surface area (Å²) in [5, 5.41) is 31.3. The first kappa shape index (κ1) is 15.3. The third-order valence-corrected chi connectivity index (χ3v) is 2.45. The topological polar surface area (TPSA) is 138 Å². The first-order valence-corrected chi connectivity index (χ1v) is 5.53. The number of methoxy groups -OCH3 is 1. The summed E-state index contributed by atoms with van der Waals surface area (Å²) in [7, 11) is 1.41. The van der Waals surface area contributed by atoms with Gasteiger partial charge in [-0.15, -0.1) is 0 Å². The largest absolute Gasteiger partial charge is 0.480 e. The van der Waals surface area contributed by atoms with Gasteiger partial charge in [-0.2, -0.15) is 5.26 Å². The lowest BCUT2D eigenvalue weighted by molar-refractivity contribution is -0.384. The van der Waals surface area contributed by atoms with Crippen molar-refractivity contribution >= 4 is 17.5 Å². The number of nitriles is 1. The Labute approximate surface area is 114 Å². The fraction of sp³-hybridized carbons (Fsp3) is 0.364. The molecule has 1 unspecified atom stereocenters. The molecule has 0 amide bonds. The van der Waals surface area contributed by atoms with E-state index < -0.39 is 22.6 Å². The molecule has 0 saturated carbocycles. The molecule has 0 radical (unpaired) electrons. The van der Waals surface area contributed by atoms with Gasteiger partial charge in [0.15, 0.2) is 0 Å². The van der Waals surface area contributed by atoms with Crippen molar-refractivity contribution in [3.63, 3.8) is 0 Å². The molecule has 20 heavy (non-hydrogen) atoms. The fourth-order valence-electron chi connectivity index (χ4n) is 1.49. The second-order valence-electron chi connectivity index (χ2n) is 3.74. The molecule has 0 bridgehead atoms. The lowest BCUT2D eigenvalue weighted by Gasteiger charge is -2.14. The molecular formula is C11H12N4O5. The Bertz CT molecular complexity index is 554. The molecule has 1 aromatic heterocycles. The van der Waals surface area contributed by atoms with Crippen LogP contribution in [0.15, 0.2) is 12.3 Å². The minimum absolute atomic E-state index is 0.0987. The van der Waals surface area contributed by atoms with E-state index in [0.29, 0.717) is 0 Å². The van der Waals surface area contributed by atoms with E-state index in [1.54, 1.807) is 6.07 Å². The number of aliphatic carboxylic acids is 1. The van der Waals surface area contributed by atoms with Crippen molar-refractivity contribution in [3.8, 4) is 6.07 Å². The minimum atomic E-state index is -1.19. The van der Waals surface area contributed by atoms with Gasteiger partial charge < -0.3 is 15.2 Å². The Morgan fingerprint density at radius 3 is 2.95 bits per heavy atom. The monoisotopic (exact) mass is 280 g/mol. The average Bonchev–Trinajstić information content (AvgIpc) is 2.42. The SMILES string of the molecule is COCCC(Nc1nccc(C#N)c1[N+](=O)[O-])C(=O)O. The second kappa shape index (κ2) is 7.01. The number of nitrogens with one attached hydrogen (secondary N) is 1. The van der Waals surface area contributed by atoms with Crippen molar-refractivity contribution in [2.75, 3.05) is 19.0 Å². The van der Waals surface area contributed by atoms with Crippen LogP contribution in [0.3, 0.4) is 0 Å². The van der Waals surface area contributed by atoms with Crippen LogP contribution in [0.25, 0.3) is 0 Å². The molecule has 1 rings (SSSR count). The van der Waals surface area contributed by atoms with Crippen LogP contribution in [-0.4, -0.2) is 40.7 Å². The summed E-state index contributed by atoms with van der Waals surface area (Å²) in [5.41, 5.74) is -0.734. The smallest absolute Gasteiger partial charge is 0.328 e. The number of aromatic nitrogens is 1. The van der Waals surface area contributed by atoms with Crippen molar-refractivity contribution in [2.45, 2.75) is 12.5 Å². The highest BCUT2D eigenvalue weighted by molar-refractivity contribution is 5.78. The van der Waals surface area contributed by atoms with Crippen molar-refractivity contribution in [3.05, 3.63) is 27.9 Å². The maximum absolute atomic E-state index is 11.1. The van der Waals surface area contributed by atoms with Crippen LogP contribution in [0.4, 0.5) is 11.5 Å². The fourth-order valence-corrected chi connectivity index (χ4v) is 1.49. The summed E-state index contributed by atoms with van der Waals surface area (Å²) in [6.45, 7) is 0.162. The second-order valence-corrected chi connectivity index (χ2v) is 3.74. The van der Waals surface area contributed by atoms with Gasteiger partial charge in [-0.05, 0) is 6.07 Å². The number of carboxylic acid groups (broad SMARTS) is 1. The summed E-state index contributed by atoms with van der Waals surface area (Å²) in [6, 6.07) is 1.76. The Hall–Kier alpha value is -2.73. The standard InChI is InChI=1S/C11H12N4O5/c1-20-5-3-8(11(16)17)14-10-9(15(18)19)7(6-12)2-4-13-10/h2,4,8H,3,5H2,1H3,(H,13,14)(H,16,17). The van der Waals surface area contributed by atoms with E-state index in [4.69, 9.17) is 15.1 Å². The van der Waals surface area contributed by atoms with E-state index in [2.05, 4.69) is 10.3 Å². The predicted molar refractivity (Wildman–Crippen MR) is 67.1 cm³/mol. The zero-order valence-corrected chi connectivity index (χ0v) is 10.6. The third-order valence-electron chi connectivity index (χ3n) is 2.45. The molecule has 0 saturated heterocycles. The van der Waals surface area contributed by atoms with Gasteiger partial charge in [-0.1, -0.05) is 0 Å². The number of nitro groups is 1.